The Morgan fingerprint density at radius 2 is 2.42 bits per heavy atom. The normalized spacial score (nSPS) is 10.2. The van der Waals surface area contributed by atoms with Gasteiger partial charge in [-0.3, -0.25) is 4.79 Å². The molecule has 0 saturated heterocycles. The number of rotatable bonds is 3. The van der Waals surface area contributed by atoms with Crippen LogP contribution in [-0.4, -0.2) is 16.1 Å². The van der Waals surface area contributed by atoms with Crippen molar-refractivity contribution in [2.45, 2.75) is 19.8 Å². The van der Waals surface area contributed by atoms with E-state index < -0.39 is 5.97 Å². The molecule has 12 heavy (non-hydrogen) atoms. The molecule has 0 aliphatic heterocycles. The van der Waals surface area contributed by atoms with Crippen molar-refractivity contribution in [2.75, 3.05) is 0 Å². The Labute approximate surface area is 82.6 Å². The van der Waals surface area contributed by atoms with E-state index in [1.165, 1.54) is 11.3 Å². The first-order chi connectivity index (χ1) is 5.59. The van der Waals surface area contributed by atoms with Crippen LogP contribution in [0.2, 0.25) is 0 Å². The molecule has 0 radical (unpaired) electrons. The van der Waals surface area contributed by atoms with Crippen LogP contribution in [0.5, 0.6) is 0 Å². The smallest absolute Gasteiger partial charge is 0.303 e. The molecular formula is C7H8BrNO2S. The number of hydrogen-bond acceptors (Lipinski definition) is 3. The number of carboxylic acids is 1. The second kappa shape index (κ2) is 4.00. The molecule has 66 valence electrons. The predicted molar refractivity (Wildman–Crippen MR) is 50.5 cm³/mol. The molecule has 5 heteroatoms. The Hall–Kier alpha value is -0.420. The third-order valence-corrected chi connectivity index (χ3v) is 3.27. The van der Waals surface area contributed by atoms with Gasteiger partial charge in [-0.1, -0.05) is 0 Å². The molecule has 1 aromatic rings. The third-order valence-electron chi connectivity index (χ3n) is 1.32. The molecule has 0 fully saturated rings. The third kappa shape index (κ3) is 2.57. The highest BCUT2D eigenvalue weighted by Crippen LogP contribution is 2.24. The van der Waals surface area contributed by atoms with E-state index in [2.05, 4.69) is 20.9 Å². The maximum atomic E-state index is 10.3. The number of aryl methyl sites for hydroxylation is 2. The van der Waals surface area contributed by atoms with Gasteiger partial charge in [0.05, 0.1) is 11.4 Å². The van der Waals surface area contributed by atoms with Gasteiger partial charge < -0.3 is 5.11 Å². The van der Waals surface area contributed by atoms with E-state index >= 15 is 0 Å². The fourth-order valence-corrected chi connectivity index (χ4v) is 2.47. The van der Waals surface area contributed by atoms with Gasteiger partial charge in [0.2, 0.25) is 0 Å². The van der Waals surface area contributed by atoms with Crippen LogP contribution >= 0.6 is 27.3 Å². The summed E-state index contributed by atoms with van der Waals surface area (Å²) >= 11 is 4.81. The highest BCUT2D eigenvalue weighted by atomic mass is 79.9. The van der Waals surface area contributed by atoms with Gasteiger partial charge in [0.25, 0.3) is 0 Å². The minimum absolute atomic E-state index is 0.167. The predicted octanol–water partition coefficient (Wildman–Crippen LogP) is 2.23. The minimum Gasteiger partial charge on any atom is -0.481 e. The van der Waals surface area contributed by atoms with Crippen LogP contribution in [0.1, 0.15) is 16.3 Å². The van der Waals surface area contributed by atoms with Gasteiger partial charge in [0.15, 0.2) is 0 Å². The molecule has 0 aromatic carbocycles. The summed E-state index contributed by atoms with van der Waals surface area (Å²) in [5.41, 5.74) is 0. The first-order valence-corrected chi connectivity index (χ1v) is 5.04. The quantitative estimate of drug-likeness (QED) is 0.894. The Bertz CT molecular complexity index is 298. The van der Waals surface area contributed by atoms with Crippen LogP contribution in [0.25, 0.3) is 0 Å². The summed E-state index contributed by atoms with van der Waals surface area (Å²) in [5, 5.41) is 9.40. The van der Waals surface area contributed by atoms with E-state index in [-0.39, 0.29) is 6.42 Å². The van der Waals surface area contributed by atoms with Gasteiger partial charge in [0.1, 0.15) is 4.60 Å². The monoisotopic (exact) mass is 249 g/mol. The lowest BCUT2D eigenvalue weighted by Crippen LogP contribution is -1.96. The first-order valence-electron chi connectivity index (χ1n) is 3.43. The molecule has 0 aliphatic rings. The zero-order chi connectivity index (χ0) is 9.14. The summed E-state index contributed by atoms with van der Waals surface area (Å²) in [6, 6.07) is 0. The fraction of sp³-hybridized carbons (Fsp3) is 0.429. The van der Waals surface area contributed by atoms with E-state index in [1.807, 2.05) is 6.92 Å². The molecule has 0 spiro atoms. The summed E-state index contributed by atoms with van der Waals surface area (Å²) in [6.45, 7) is 1.90. The van der Waals surface area contributed by atoms with Crippen molar-refractivity contribution in [1.82, 2.24) is 4.98 Å². The van der Waals surface area contributed by atoms with E-state index in [9.17, 15) is 4.79 Å². The Kier molecular flexibility index (Phi) is 3.22. The number of thiazole rings is 1. The van der Waals surface area contributed by atoms with Crippen molar-refractivity contribution >= 4 is 33.2 Å². The Balaban J connectivity index is 2.62. The fourth-order valence-electron chi connectivity index (χ4n) is 0.818. The van der Waals surface area contributed by atoms with Crippen LogP contribution in [-0.2, 0) is 11.2 Å². The van der Waals surface area contributed by atoms with E-state index in [4.69, 9.17) is 5.11 Å². The Morgan fingerprint density at radius 3 is 2.83 bits per heavy atom. The van der Waals surface area contributed by atoms with E-state index in [0.29, 0.717) is 6.42 Å². The standard InChI is InChI=1S/C7H8BrNO2S/c1-4-9-7(8)5(12-4)2-3-6(10)11/h2-3H2,1H3,(H,10,11). The van der Waals surface area contributed by atoms with Crippen LogP contribution in [0, 0.1) is 6.92 Å². The molecule has 3 nitrogen and oxygen atoms in total. The lowest BCUT2D eigenvalue weighted by Gasteiger charge is -1.91. The van der Waals surface area contributed by atoms with Crippen LogP contribution in [0.3, 0.4) is 0 Å². The number of aromatic nitrogens is 1. The second-order valence-corrected chi connectivity index (χ2v) is 4.38. The van der Waals surface area contributed by atoms with Gasteiger partial charge in [-0.15, -0.1) is 11.3 Å². The van der Waals surface area contributed by atoms with Crippen LogP contribution < -0.4 is 0 Å². The molecule has 1 N–H and O–H groups in total. The number of hydrogen-bond donors (Lipinski definition) is 1. The molecule has 0 saturated carbocycles. The maximum absolute atomic E-state index is 10.3. The van der Waals surface area contributed by atoms with Crippen molar-refractivity contribution in [3.8, 4) is 0 Å². The molecule has 1 aromatic heterocycles. The van der Waals surface area contributed by atoms with Crippen molar-refractivity contribution in [3.63, 3.8) is 0 Å². The molecule has 0 amide bonds. The summed E-state index contributed by atoms with van der Waals surface area (Å²) < 4.78 is 0.784. The van der Waals surface area contributed by atoms with E-state index in [1.54, 1.807) is 0 Å². The highest BCUT2D eigenvalue weighted by Gasteiger charge is 2.07. The van der Waals surface area contributed by atoms with Crippen LogP contribution in [0.15, 0.2) is 4.60 Å². The van der Waals surface area contributed by atoms with Gasteiger partial charge in [0, 0.05) is 4.88 Å². The van der Waals surface area contributed by atoms with Crippen LogP contribution in [0.4, 0.5) is 0 Å². The number of carboxylic acid groups (broad SMARTS) is 1. The number of halogens is 1. The number of carbonyl (C=O) groups is 1. The molecule has 0 unspecified atom stereocenters. The van der Waals surface area contributed by atoms with E-state index in [0.717, 1.165) is 14.5 Å². The molecule has 0 aliphatic carbocycles. The minimum atomic E-state index is -0.770. The van der Waals surface area contributed by atoms with Crippen molar-refractivity contribution in [1.29, 1.82) is 0 Å². The molecular weight excluding hydrogens is 242 g/mol. The Morgan fingerprint density at radius 1 is 1.75 bits per heavy atom. The molecule has 0 atom stereocenters. The largest absolute Gasteiger partial charge is 0.481 e. The zero-order valence-corrected chi connectivity index (χ0v) is 8.91. The van der Waals surface area contributed by atoms with Gasteiger partial charge in [-0.05, 0) is 29.3 Å². The average Bonchev–Trinajstić information content (AvgIpc) is 2.26. The first kappa shape index (κ1) is 9.67. The molecule has 1 heterocycles. The van der Waals surface area contributed by atoms with Crippen molar-refractivity contribution < 1.29 is 9.90 Å². The zero-order valence-electron chi connectivity index (χ0n) is 6.50. The molecule has 1 rings (SSSR count). The SMILES string of the molecule is Cc1nc(Br)c(CCC(=O)O)s1. The van der Waals surface area contributed by atoms with Gasteiger partial charge in [-0.2, -0.15) is 0 Å². The average molecular weight is 250 g/mol. The van der Waals surface area contributed by atoms with Gasteiger partial charge in [-0.25, -0.2) is 4.98 Å². The molecule has 0 bridgehead atoms. The number of nitrogens with zero attached hydrogens (tertiary/aromatic N) is 1. The second-order valence-electron chi connectivity index (χ2n) is 2.34. The maximum Gasteiger partial charge on any atom is 0.303 e. The van der Waals surface area contributed by atoms with Crippen molar-refractivity contribution in [3.05, 3.63) is 14.5 Å². The summed E-state index contributed by atoms with van der Waals surface area (Å²) in [6.07, 6.45) is 0.724. The summed E-state index contributed by atoms with van der Waals surface area (Å²) in [7, 11) is 0. The van der Waals surface area contributed by atoms with Gasteiger partial charge >= 0.3 is 5.97 Å². The number of aliphatic carboxylic acids is 1. The topological polar surface area (TPSA) is 50.2 Å². The lowest BCUT2D eigenvalue weighted by molar-refractivity contribution is -0.136. The summed E-state index contributed by atoms with van der Waals surface area (Å²) in [4.78, 5) is 15.4. The highest BCUT2D eigenvalue weighted by molar-refractivity contribution is 9.10. The summed E-state index contributed by atoms with van der Waals surface area (Å²) in [5.74, 6) is -0.770. The lowest BCUT2D eigenvalue weighted by atomic mass is 10.3. The van der Waals surface area contributed by atoms with Crippen molar-refractivity contribution in [2.24, 2.45) is 0 Å².